The number of halogens is 1. The number of anilines is 1. The van der Waals surface area contributed by atoms with E-state index >= 15 is 0 Å². The number of carbonyl (C=O) groups excluding carboxylic acids is 1. The van der Waals surface area contributed by atoms with Crippen LogP contribution in [0.3, 0.4) is 0 Å². The normalized spacial score (nSPS) is 18.5. The molecule has 1 saturated heterocycles. The molecule has 1 aliphatic rings. The summed E-state index contributed by atoms with van der Waals surface area (Å²) in [4.78, 5) is 25.0. The van der Waals surface area contributed by atoms with Crippen molar-refractivity contribution >= 4 is 33.5 Å². The molecule has 1 amide bonds. The van der Waals surface area contributed by atoms with Gasteiger partial charge in [0.05, 0.1) is 0 Å². The van der Waals surface area contributed by atoms with Crippen molar-refractivity contribution in [2.45, 2.75) is 25.7 Å². The van der Waals surface area contributed by atoms with Crippen molar-refractivity contribution in [2.75, 3.05) is 18.8 Å². The standard InChI is InChI=1S/C15H19BrN2O3/c16-12-8-11(4-5-13(12)17)15(21)18-7-1-2-10(9-18)3-6-14(19)20/h4-5,8,10H,1-3,6-7,9,17H2,(H,19,20). The largest absolute Gasteiger partial charge is 0.481 e. The summed E-state index contributed by atoms with van der Waals surface area (Å²) in [5.74, 6) is -0.521. The van der Waals surface area contributed by atoms with Gasteiger partial charge in [0.25, 0.3) is 5.91 Å². The summed E-state index contributed by atoms with van der Waals surface area (Å²) in [6.45, 7) is 1.36. The molecule has 5 nitrogen and oxygen atoms in total. The Morgan fingerprint density at radius 2 is 2.19 bits per heavy atom. The van der Waals surface area contributed by atoms with Crippen molar-refractivity contribution in [2.24, 2.45) is 5.92 Å². The van der Waals surface area contributed by atoms with E-state index in [1.54, 1.807) is 18.2 Å². The van der Waals surface area contributed by atoms with Crippen LogP contribution in [0.15, 0.2) is 22.7 Å². The first-order valence-electron chi connectivity index (χ1n) is 7.03. The van der Waals surface area contributed by atoms with Gasteiger partial charge in [-0.2, -0.15) is 0 Å². The van der Waals surface area contributed by atoms with E-state index in [-0.39, 0.29) is 18.2 Å². The van der Waals surface area contributed by atoms with Crippen LogP contribution in [-0.2, 0) is 4.79 Å². The fourth-order valence-electron chi connectivity index (χ4n) is 2.66. The fourth-order valence-corrected chi connectivity index (χ4v) is 3.03. The quantitative estimate of drug-likeness (QED) is 0.814. The number of carboxylic acid groups (broad SMARTS) is 1. The first-order chi connectivity index (χ1) is 9.97. The highest BCUT2D eigenvalue weighted by Crippen LogP contribution is 2.25. The summed E-state index contributed by atoms with van der Waals surface area (Å²) in [7, 11) is 0. The van der Waals surface area contributed by atoms with Crippen molar-refractivity contribution in [1.29, 1.82) is 0 Å². The van der Waals surface area contributed by atoms with Gasteiger partial charge in [0.15, 0.2) is 0 Å². The van der Waals surface area contributed by atoms with E-state index < -0.39 is 5.97 Å². The van der Waals surface area contributed by atoms with Crippen molar-refractivity contribution in [3.05, 3.63) is 28.2 Å². The maximum absolute atomic E-state index is 12.5. The van der Waals surface area contributed by atoms with Crippen LogP contribution < -0.4 is 5.73 Å². The number of nitrogen functional groups attached to an aromatic ring is 1. The molecule has 0 bridgehead atoms. The van der Waals surface area contributed by atoms with E-state index in [1.807, 2.05) is 4.90 Å². The van der Waals surface area contributed by atoms with E-state index in [0.717, 1.165) is 19.4 Å². The summed E-state index contributed by atoms with van der Waals surface area (Å²) >= 11 is 3.33. The summed E-state index contributed by atoms with van der Waals surface area (Å²) in [6.07, 6.45) is 2.71. The SMILES string of the molecule is Nc1ccc(C(=O)N2CCCC(CCC(=O)O)C2)cc1Br. The molecule has 1 aliphatic heterocycles. The molecule has 1 atom stereocenters. The van der Waals surface area contributed by atoms with Gasteiger partial charge < -0.3 is 15.7 Å². The van der Waals surface area contributed by atoms with Crippen molar-refractivity contribution in [3.8, 4) is 0 Å². The van der Waals surface area contributed by atoms with E-state index in [0.29, 0.717) is 28.7 Å². The topological polar surface area (TPSA) is 83.6 Å². The zero-order valence-corrected chi connectivity index (χ0v) is 13.3. The Morgan fingerprint density at radius 1 is 1.43 bits per heavy atom. The third-order valence-electron chi connectivity index (χ3n) is 3.82. The van der Waals surface area contributed by atoms with Crippen LogP contribution in [0.5, 0.6) is 0 Å². The molecule has 1 heterocycles. The van der Waals surface area contributed by atoms with Crippen molar-refractivity contribution in [3.63, 3.8) is 0 Å². The van der Waals surface area contributed by atoms with Gasteiger partial charge in [-0.3, -0.25) is 9.59 Å². The minimum absolute atomic E-state index is 0.0178. The Balaban J connectivity index is 2.01. The monoisotopic (exact) mass is 354 g/mol. The lowest BCUT2D eigenvalue weighted by molar-refractivity contribution is -0.137. The van der Waals surface area contributed by atoms with Gasteiger partial charge in [-0.05, 0) is 59.3 Å². The number of piperidine rings is 1. The highest BCUT2D eigenvalue weighted by molar-refractivity contribution is 9.10. The van der Waals surface area contributed by atoms with E-state index in [2.05, 4.69) is 15.9 Å². The molecule has 2 rings (SSSR count). The van der Waals surface area contributed by atoms with Crippen LogP contribution in [0.25, 0.3) is 0 Å². The number of nitrogens with two attached hydrogens (primary N) is 1. The van der Waals surface area contributed by atoms with Crippen LogP contribution in [-0.4, -0.2) is 35.0 Å². The molecule has 0 radical (unpaired) electrons. The molecular formula is C15H19BrN2O3. The Hall–Kier alpha value is -1.56. The van der Waals surface area contributed by atoms with E-state index in [1.165, 1.54) is 0 Å². The summed E-state index contributed by atoms with van der Waals surface area (Å²) in [5, 5.41) is 8.76. The molecular weight excluding hydrogens is 336 g/mol. The van der Waals surface area contributed by atoms with Gasteiger partial charge >= 0.3 is 5.97 Å². The minimum Gasteiger partial charge on any atom is -0.481 e. The predicted octanol–water partition coefficient (Wildman–Crippen LogP) is 2.75. The van der Waals surface area contributed by atoms with Crippen LogP contribution in [0.1, 0.15) is 36.0 Å². The number of carbonyl (C=O) groups is 2. The van der Waals surface area contributed by atoms with Gasteiger partial charge in [0.1, 0.15) is 0 Å². The summed E-state index contributed by atoms with van der Waals surface area (Å²) < 4.78 is 0.716. The molecule has 21 heavy (non-hydrogen) atoms. The molecule has 0 saturated carbocycles. The molecule has 6 heteroatoms. The number of nitrogens with zero attached hydrogens (tertiary/aromatic N) is 1. The second-order valence-corrected chi connectivity index (χ2v) is 6.28. The number of rotatable bonds is 4. The molecule has 1 unspecified atom stereocenters. The van der Waals surface area contributed by atoms with Crippen LogP contribution in [0, 0.1) is 5.92 Å². The molecule has 3 N–H and O–H groups in total. The number of amides is 1. The predicted molar refractivity (Wildman–Crippen MR) is 84.1 cm³/mol. The lowest BCUT2D eigenvalue weighted by atomic mass is 9.93. The second kappa shape index (κ2) is 6.93. The first kappa shape index (κ1) is 15.8. The number of hydrogen-bond donors (Lipinski definition) is 2. The number of aliphatic carboxylic acids is 1. The molecule has 0 spiro atoms. The highest BCUT2D eigenvalue weighted by atomic mass is 79.9. The van der Waals surface area contributed by atoms with Gasteiger partial charge in [-0.25, -0.2) is 0 Å². The van der Waals surface area contributed by atoms with Gasteiger partial charge in [0, 0.05) is 35.2 Å². The maximum Gasteiger partial charge on any atom is 0.303 e. The van der Waals surface area contributed by atoms with Crippen molar-refractivity contribution in [1.82, 2.24) is 4.90 Å². The number of carboxylic acids is 1. The zero-order valence-electron chi connectivity index (χ0n) is 11.7. The molecule has 0 aromatic heterocycles. The second-order valence-electron chi connectivity index (χ2n) is 5.43. The molecule has 1 aromatic carbocycles. The third-order valence-corrected chi connectivity index (χ3v) is 4.51. The Bertz CT molecular complexity index is 548. The van der Waals surface area contributed by atoms with Gasteiger partial charge in [-0.15, -0.1) is 0 Å². The van der Waals surface area contributed by atoms with Crippen LogP contribution >= 0.6 is 15.9 Å². The average molecular weight is 355 g/mol. The number of hydrogen-bond acceptors (Lipinski definition) is 3. The average Bonchev–Trinajstić information content (AvgIpc) is 2.47. The Morgan fingerprint density at radius 3 is 2.86 bits per heavy atom. The molecule has 114 valence electrons. The fraction of sp³-hybridized carbons (Fsp3) is 0.467. The van der Waals surface area contributed by atoms with E-state index in [9.17, 15) is 9.59 Å². The Labute approximate surface area is 132 Å². The Kier molecular flexibility index (Phi) is 5.22. The minimum atomic E-state index is -0.777. The van der Waals surface area contributed by atoms with E-state index in [4.69, 9.17) is 10.8 Å². The molecule has 0 aliphatic carbocycles. The number of likely N-dealkylation sites (tertiary alicyclic amines) is 1. The third kappa shape index (κ3) is 4.20. The lowest BCUT2D eigenvalue weighted by Crippen LogP contribution is -2.40. The smallest absolute Gasteiger partial charge is 0.303 e. The van der Waals surface area contributed by atoms with Gasteiger partial charge in [0.2, 0.25) is 0 Å². The summed E-state index contributed by atoms with van der Waals surface area (Å²) in [6, 6.07) is 5.17. The molecule has 1 aromatic rings. The molecule has 1 fully saturated rings. The first-order valence-corrected chi connectivity index (χ1v) is 7.82. The van der Waals surface area contributed by atoms with Crippen LogP contribution in [0.2, 0.25) is 0 Å². The zero-order chi connectivity index (χ0) is 15.4. The van der Waals surface area contributed by atoms with Crippen LogP contribution in [0.4, 0.5) is 5.69 Å². The lowest BCUT2D eigenvalue weighted by Gasteiger charge is -2.32. The van der Waals surface area contributed by atoms with Crippen molar-refractivity contribution < 1.29 is 14.7 Å². The maximum atomic E-state index is 12.5. The summed E-state index contributed by atoms with van der Waals surface area (Å²) in [5.41, 5.74) is 6.94. The van der Waals surface area contributed by atoms with Gasteiger partial charge in [-0.1, -0.05) is 0 Å². The highest BCUT2D eigenvalue weighted by Gasteiger charge is 2.25. The number of benzene rings is 1.